The summed E-state index contributed by atoms with van der Waals surface area (Å²) < 4.78 is 16.2. The van der Waals surface area contributed by atoms with Gasteiger partial charge in [-0.05, 0) is 42.7 Å². The van der Waals surface area contributed by atoms with Crippen LogP contribution in [0.3, 0.4) is 0 Å². The average Bonchev–Trinajstić information content (AvgIpc) is 3.50. The van der Waals surface area contributed by atoms with Gasteiger partial charge in [-0.3, -0.25) is 9.78 Å². The summed E-state index contributed by atoms with van der Waals surface area (Å²) in [6.07, 6.45) is 2.68. The molecule has 2 heterocycles. The normalized spacial score (nSPS) is 16.6. The van der Waals surface area contributed by atoms with E-state index in [0.29, 0.717) is 28.3 Å². The molecule has 1 fully saturated rings. The highest BCUT2D eigenvalue weighted by Crippen LogP contribution is 2.51. The average molecular weight is 417 g/mol. The first kappa shape index (κ1) is 19.6. The number of nitrogens with zero attached hydrogens (tertiary/aromatic N) is 1. The van der Waals surface area contributed by atoms with Crippen molar-refractivity contribution in [2.24, 2.45) is 0 Å². The van der Waals surface area contributed by atoms with Crippen molar-refractivity contribution in [2.45, 2.75) is 30.8 Å². The van der Waals surface area contributed by atoms with Gasteiger partial charge in [-0.25, -0.2) is 0 Å². The van der Waals surface area contributed by atoms with Gasteiger partial charge in [0.1, 0.15) is 17.6 Å². The number of fused-ring (bicyclic) bond motifs is 1. The van der Waals surface area contributed by atoms with Crippen molar-refractivity contribution >= 4 is 5.78 Å². The van der Waals surface area contributed by atoms with Gasteiger partial charge in [-0.1, -0.05) is 30.3 Å². The summed E-state index contributed by atoms with van der Waals surface area (Å²) in [7, 11) is 1.58. The van der Waals surface area contributed by atoms with Crippen LogP contribution in [0.25, 0.3) is 0 Å². The predicted molar refractivity (Wildman–Crippen MR) is 113 cm³/mol. The lowest BCUT2D eigenvalue weighted by Gasteiger charge is -2.16. The summed E-state index contributed by atoms with van der Waals surface area (Å²) in [5.41, 5.74) is 2.53. The number of aliphatic hydroxyl groups excluding tert-OH is 1. The van der Waals surface area contributed by atoms with Crippen molar-refractivity contribution in [1.29, 1.82) is 0 Å². The van der Waals surface area contributed by atoms with Gasteiger partial charge in [-0.15, -0.1) is 0 Å². The van der Waals surface area contributed by atoms with Gasteiger partial charge in [0.15, 0.2) is 11.5 Å². The summed E-state index contributed by atoms with van der Waals surface area (Å²) in [4.78, 5) is 17.6. The lowest BCUT2D eigenvalue weighted by molar-refractivity contribution is -0.120. The van der Waals surface area contributed by atoms with E-state index in [1.807, 2.05) is 54.6 Å². The SMILES string of the molecule is COc1ccccc1C(O)c1ccc(CC(=O)C2(c3ccc4c(c3)OCO4)CC2)nc1. The first-order valence-electron chi connectivity index (χ1n) is 10.3. The largest absolute Gasteiger partial charge is 0.496 e. The first-order valence-corrected chi connectivity index (χ1v) is 10.3. The minimum atomic E-state index is -0.850. The van der Waals surface area contributed by atoms with Crippen LogP contribution in [0, 0.1) is 0 Å². The van der Waals surface area contributed by atoms with Crippen LogP contribution in [0.5, 0.6) is 17.2 Å². The molecule has 3 aromatic rings. The number of para-hydroxylation sites is 1. The molecule has 31 heavy (non-hydrogen) atoms. The molecule has 6 heteroatoms. The van der Waals surface area contributed by atoms with Gasteiger partial charge in [0, 0.05) is 29.4 Å². The van der Waals surface area contributed by atoms with Gasteiger partial charge in [0.05, 0.1) is 12.5 Å². The van der Waals surface area contributed by atoms with Crippen LogP contribution in [0.4, 0.5) is 0 Å². The lowest BCUT2D eigenvalue weighted by Crippen LogP contribution is -2.23. The molecule has 1 unspecified atom stereocenters. The number of aliphatic hydroxyl groups is 1. The molecule has 2 aromatic carbocycles. The Hall–Kier alpha value is -3.38. The Morgan fingerprint density at radius 3 is 2.68 bits per heavy atom. The van der Waals surface area contributed by atoms with E-state index in [-0.39, 0.29) is 19.0 Å². The quantitative estimate of drug-likeness (QED) is 0.631. The number of rotatable bonds is 7. The third-order valence-electron chi connectivity index (χ3n) is 6.15. The molecule has 0 saturated heterocycles. The summed E-state index contributed by atoms with van der Waals surface area (Å²) in [5.74, 6) is 2.19. The predicted octanol–water partition coefficient (Wildman–Crippen LogP) is 3.74. The fraction of sp³-hybridized carbons (Fsp3) is 0.280. The fourth-order valence-corrected chi connectivity index (χ4v) is 4.16. The highest BCUT2D eigenvalue weighted by atomic mass is 16.7. The van der Waals surface area contributed by atoms with Crippen LogP contribution in [0.2, 0.25) is 0 Å². The third kappa shape index (κ3) is 3.53. The second-order valence-corrected chi connectivity index (χ2v) is 7.98. The number of ether oxygens (including phenoxy) is 3. The van der Waals surface area contributed by atoms with Crippen molar-refractivity contribution in [3.63, 3.8) is 0 Å². The molecular weight excluding hydrogens is 394 g/mol. The Balaban J connectivity index is 1.31. The molecule has 0 spiro atoms. The number of carbonyl (C=O) groups excluding carboxylic acids is 1. The number of aromatic nitrogens is 1. The highest BCUT2D eigenvalue weighted by molar-refractivity contribution is 5.94. The number of ketones is 1. The molecule has 5 rings (SSSR count). The van der Waals surface area contributed by atoms with Crippen molar-refractivity contribution in [1.82, 2.24) is 4.98 Å². The highest BCUT2D eigenvalue weighted by Gasteiger charge is 2.50. The second kappa shape index (κ2) is 7.71. The van der Waals surface area contributed by atoms with Crippen LogP contribution in [-0.2, 0) is 16.6 Å². The van der Waals surface area contributed by atoms with Crippen molar-refractivity contribution in [2.75, 3.05) is 13.9 Å². The zero-order chi connectivity index (χ0) is 21.4. The van der Waals surface area contributed by atoms with Crippen molar-refractivity contribution < 1.29 is 24.1 Å². The molecule has 1 aliphatic heterocycles. The van der Waals surface area contributed by atoms with Gasteiger partial charge >= 0.3 is 0 Å². The molecular formula is C25H23NO5. The summed E-state index contributed by atoms with van der Waals surface area (Å²) in [6.45, 7) is 0.219. The molecule has 6 nitrogen and oxygen atoms in total. The lowest BCUT2D eigenvalue weighted by atomic mass is 9.88. The molecule has 0 amide bonds. The molecule has 2 aliphatic rings. The topological polar surface area (TPSA) is 77.9 Å². The number of carbonyl (C=O) groups is 1. The monoisotopic (exact) mass is 417 g/mol. The number of hydrogen-bond donors (Lipinski definition) is 1. The summed E-state index contributed by atoms with van der Waals surface area (Å²) in [6, 6.07) is 16.7. The van der Waals surface area contributed by atoms with E-state index < -0.39 is 11.5 Å². The van der Waals surface area contributed by atoms with Gasteiger partial charge in [0.2, 0.25) is 6.79 Å². The minimum Gasteiger partial charge on any atom is -0.496 e. The van der Waals surface area contributed by atoms with E-state index in [9.17, 15) is 9.90 Å². The van der Waals surface area contributed by atoms with Crippen LogP contribution < -0.4 is 14.2 Å². The molecule has 1 saturated carbocycles. The summed E-state index contributed by atoms with van der Waals surface area (Å²) in [5, 5.41) is 10.7. The van der Waals surface area contributed by atoms with E-state index in [1.54, 1.807) is 13.3 Å². The maximum absolute atomic E-state index is 13.1. The van der Waals surface area contributed by atoms with E-state index in [2.05, 4.69) is 4.98 Å². The molecule has 0 bridgehead atoms. The van der Waals surface area contributed by atoms with Gasteiger partial charge in [-0.2, -0.15) is 0 Å². The molecule has 158 valence electrons. The fourth-order valence-electron chi connectivity index (χ4n) is 4.16. The van der Waals surface area contributed by atoms with Crippen LogP contribution in [0.1, 0.15) is 41.3 Å². The Labute approximate surface area is 180 Å². The minimum absolute atomic E-state index is 0.150. The van der Waals surface area contributed by atoms with E-state index >= 15 is 0 Å². The molecule has 1 N–H and O–H groups in total. The number of hydrogen-bond acceptors (Lipinski definition) is 6. The zero-order valence-corrected chi connectivity index (χ0v) is 17.2. The maximum Gasteiger partial charge on any atom is 0.231 e. The van der Waals surface area contributed by atoms with Crippen LogP contribution >= 0.6 is 0 Å². The Kier molecular flexibility index (Phi) is 4.87. The standard InChI is InChI=1S/C25H23NO5/c1-29-20-5-3-2-4-19(20)24(28)16-6-8-18(26-14-16)13-23(27)25(10-11-25)17-7-9-21-22(12-17)31-15-30-21/h2-9,12,14,24,28H,10-11,13,15H2,1H3. The van der Waals surface area contributed by atoms with E-state index in [4.69, 9.17) is 14.2 Å². The Morgan fingerprint density at radius 2 is 1.94 bits per heavy atom. The van der Waals surface area contributed by atoms with Crippen molar-refractivity contribution in [3.05, 3.63) is 83.2 Å². The number of pyridine rings is 1. The van der Waals surface area contributed by atoms with Crippen molar-refractivity contribution in [3.8, 4) is 17.2 Å². The molecule has 1 aromatic heterocycles. The van der Waals surface area contributed by atoms with Crippen LogP contribution in [0.15, 0.2) is 60.8 Å². The summed E-state index contributed by atoms with van der Waals surface area (Å²) >= 11 is 0. The van der Waals surface area contributed by atoms with Gasteiger partial charge in [0.25, 0.3) is 0 Å². The first-order chi connectivity index (χ1) is 15.1. The molecule has 1 atom stereocenters. The van der Waals surface area contributed by atoms with E-state index in [0.717, 1.165) is 24.2 Å². The second-order valence-electron chi connectivity index (χ2n) is 7.98. The van der Waals surface area contributed by atoms with Crippen LogP contribution in [-0.4, -0.2) is 29.8 Å². The zero-order valence-electron chi connectivity index (χ0n) is 17.2. The Morgan fingerprint density at radius 1 is 1.13 bits per heavy atom. The number of benzene rings is 2. The van der Waals surface area contributed by atoms with Gasteiger partial charge < -0.3 is 19.3 Å². The molecule has 1 aliphatic carbocycles. The smallest absolute Gasteiger partial charge is 0.231 e. The maximum atomic E-state index is 13.1. The third-order valence-corrected chi connectivity index (χ3v) is 6.15. The van der Waals surface area contributed by atoms with E-state index in [1.165, 1.54) is 0 Å². The Bertz CT molecular complexity index is 1120. The number of Topliss-reactive ketones (excluding diaryl/α,β-unsaturated/α-hetero) is 1. The molecule has 0 radical (unpaired) electrons. The number of methoxy groups -OCH3 is 1.